The summed E-state index contributed by atoms with van der Waals surface area (Å²) in [6.07, 6.45) is 4.81. The first kappa shape index (κ1) is 16.6. The van der Waals surface area contributed by atoms with Gasteiger partial charge in [0.2, 0.25) is 5.91 Å². The maximum atomic E-state index is 12.3. The van der Waals surface area contributed by atoms with Crippen LogP contribution in [0, 0.1) is 0 Å². The molecule has 2 aromatic rings. The van der Waals surface area contributed by atoms with Gasteiger partial charge in [0.1, 0.15) is 6.61 Å². The highest BCUT2D eigenvalue weighted by Gasteiger charge is 2.23. The minimum atomic E-state index is -0.325. The molecule has 0 atom stereocenters. The molecule has 0 bridgehead atoms. The van der Waals surface area contributed by atoms with Crippen LogP contribution in [-0.2, 0) is 28.8 Å². The molecule has 0 aromatic heterocycles. The predicted molar refractivity (Wildman–Crippen MR) is 101 cm³/mol. The lowest BCUT2D eigenvalue weighted by molar-refractivity contribution is -0.115. The summed E-state index contributed by atoms with van der Waals surface area (Å²) in [6, 6.07) is 13.7. The van der Waals surface area contributed by atoms with Crippen LogP contribution < -0.4 is 10.2 Å². The fourth-order valence-electron chi connectivity index (χ4n) is 3.64. The second-order valence-corrected chi connectivity index (χ2v) is 6.85. The monoisotopic (exact) mass is 350 g/mol. The lowest BCUT2D eigenvalue weighted by atomic mass is 9.90. The molecule has 5 nitrogen and oxygen atoms in total. The first-order valence-electron chi connectivity index (χ1n) is 9.14. The average molecular weight is 350 g/mol. The van der Waals surface area contributed by atoms with E-state index in [0.717, 1.165) is 29.8 Å². The molecule has 0 spiro atoms. The van der Waals surface area contributed by atoms with E-state index in [4.69, 9.17) is 4.74 Å². The molecule has 1 fully saturated rings. The molecular formula is C21H22N2O3. The lowest BCUT2D eigenvalue weighted by Crippen LogP contribution is -2.23. The summed E-state index contributed by atoms with van der Waals surface area (Å²) >= 11 is 0. The van der Waals surface area contributed by atoms with Crippen molar-refractivity contribution in [2.24, 2.45) is 0 Å². The summed E-state index contributed by atoms with van der Waals surface area (Å²) < 4.78 is 4.94. The Balaban J connectivity index is 1.38. The van der Waals surface area contributed by atoms with Crippen molar-refractivity contribution >= 4 is 23.4 Å². The van der Waals surface area contributed by atoms with E-state index in [0.29, 0.717) is 19.6 Å². The number of hydrogen-bond donors (Lipinski definition) is 1. The van der Waals surface area contributed by atoms with E-state index in [1.807, 2.05) is 24.3 Å². The predicted octanol–water partition coefficient (Wildman–Crippen LogP) is 3.70. The van der Waals surface area contributed by atoms with Crippen LogP contribution in [0.5, 0.6) is 0 Å². The Morgan fingerprint density at radius 1 is 1.04 bits per heavy atom. The molecule has 26 heavy (non-hydrogen) atoms. The summed E-state index contributed by atoms with van der Waals surface area (Å²) in [5, 5.41) is 2.93. The standard InChI is InChI=1S/C21H22N2O3/c24-20(14-15-5-6-16-3-1-2-4-17(16)13-15)22-18-7-9-19(10-8-18)23-11-12-26-21(23)25/h5-10,13H,1-4,11-12,14H2,(H,22,24). The van der Waals surface area contributed by atoms with Crippen molar-refractivity contribution < 1.29 is 14.3 Å². The van der Waals surface area contributed by atoms with Gasteiger partial charge in [-0.2, -0.15) is 0 Å². The minimum absolute atomic E-state index is 0.0332. The number of anilines is 2. The maximum Gasteiger partial charge on any atom is 0.414 e. The molecule has 1 N–H and O–H groups in total. The number of carbonyl (C=O) groups excluding carboxylic acids is 2. The molecule has 1 aliphatic carbocycles. The number of aryl methyl sites for hydroxylation is 2. The van der Waals surface area contributed by atoms with Crippen molar-refractivity contribution in [3.05, 3.63) is 59.2 Å². The van der Waals surface area contributed by atoms with E-state index in [-0.39, 0.29) is 12.0 Å². The maximum absolute atomic E-state index is 12.3. The van der Waals surface area contributed by atoms with Gasteiger partial charge in [-0.3, -0.25) is 9.69 Å². The Morgan fingerprint density at radius 3 is 2.54 bits per heavy atom. The van der Waals surface area contributed by atoms with Gasteiger partial charge in [0, 0.05) is 11.4 Å². The normalized spacial score (nSPS) is 16.2. The van der Waals surface area contributed by atoms with Gasteiger partial charge in [-0.15, -0.1) is 0 Å². The van der Waals surface area contributed by atoms with Gasteiger partial charge < -0.3 is 10.1 Å². The highest BCUT2D eigenvalue weighted by Crippen LogP contribution is 2.23. The van der Waals surface area contributed by atoms with E-state index in [1.165, 1.54) is 24.0 Å². The third-order valence-electron chi connectivity index (χ3n) is 5.00. The zero-order valence-electron chi connectivity index (χ0n) is 14.7. The van der Waals surface area contributed by atoms with E-state index in [2.05, 4.69) is 23.5 Å². The quantitative estimate of drug-likeness (QED) is 0.915. The second kappa shape index (κ2) is 7.20. The first-order valence-corrected chi connectivity index (χ1v) is 9.14. The average Bonchev–Trinajstić information content (AvgIpc) is 3.08. The second-order valence-electron chi connectivity index (χ2n) is 6.85. The van der Waals surface area contributed by atoms with Gasteiger partial charge in [-0.25, -0.2) is 4.79 Å². The third kappa shape index (κ3) is 3.57. The van der Waals surface area contributed by atoms with Gasteiger partial charge in [0.05, 0.1) is 13.0 Å². The molecule has 1 saturated heterocycles. The van der Waals surface area contributed by atoms with Crippen molar-refractivity contribution in [3.63, 3.8) is 0 Å². The molecule has 0 unspecified atom stereocenters. The van der Waals surface area contributed by atoms with E-state index < -0.39 is 0 Å². The molecule has 2 aromatic carbocycles. The van der Waals surface area contributed by atoms with Crippen LogP contribution in [-0.4, -0.2) is 25.2 Å². The van der Waals surface area contributed by atoms with Crippen LogP contribution in [0.1, 0.15) is 29.5 Å². The Bertz CT molecular complexity index is 830. The zero-order valence-corrected chi connectivity index (χ0v) is 14.7. The van der Waals surface area contributed by atoms with Crippen molar-refractivity contribution in [2.45, 2.75) is 32.1 Å². The van der Waals surface area contributed by atoms with Gasteiger partial charge in [-0.05, 0) is 66.6 Å². The SMILES string of the molecule is O=C(Cc1ccc2c(c1)CCCC2)Nc1ccc(N2CCOC2=O)cc1. The largest absolute Gasteiger partial charge is 0.447 e. The molecular weight excluding hydrogens is 328 g/mol. The lowest BCUT2D eigenvalue weighted by Gasteiger charge is -2.16. The number of amides is 2. The summed E-state index contributed by atoms with van der Waals surface area (Å²) in [5.41, 5.74) is 5.38. The number of cyclic esters (lactones) is 1. The number of fused-ring (bicyclic) bond motifs is 1. The van der Waals surface area contributed by atoms with Crippen molar-refractivity contribution in [1.29, 1.82) is 0 Å². The van der Waals surface area contributed by atoms with Crippen LogP contribution in [0.3, 0.4) is 0 Å². The van der Waals surface area contributed by atoms with Gasteiger partial charge in [0.25, 0.3) is 0 Å². The summed E-state index contributed by atoms with van der Waals surface area (Å²) in [4.78, 5) is 25.5. The van der Waals surface area contributed by atoms with Gasteiger partial charge in [-0.1, -0.05) is 18.2 Å². The summed E-state index contributed by atoms with van der Waals surface area (Å²) in [5.74, 6) is -0.0332. The van der Waals surface area contributed by atoms with Gasteiger partial charge in [0.15, 0.2) is 0 Å². The van der Waals surface area contributed by atoms with Crippen LogP contribution in [0.25, 0.3) is 0 Å². The minimum Gasteiger partial charge on any atom is -0.447 e. The van der Waals surface area contributed by atoms with Crippen molar-refractivity contribution in [2.75, 3.05) is 23.4 Å². The molecule has 4 rings (SSSR count). The number of ether oxygens (including phenoxy) is 1. The van der Waals surface area contributed by atoms with Crippen LogP contribution in [0.15, 0.2) is 42.5 Å². The van der Waals surface area contributed by atoms with E-state index in [1.54, 1.807) is 4.90 Å². The van der Waals surface area contributed by atoms with E-state index >= 15 is 0 Å². The zero-order chi connectivity index (χ0) is 17.9. The molecule has 2 aliphatic rings. The molecule has 1 aliphatic heterocycles. The Morgan fingerprint density at radius 2 is 1.81 bits per heavy atom. The third-order valence-corrected chi connectivity index (χ3v) is 5.00. The number of nitrogens with zero attached hydrogens (tertiary/aromatic N) is 1. The fraction of sp³-hybridized carbons (Fsp3) is 0.333. The Labute approximate surface area is 153 Å². The van der Waals surface area contributed by atoms with Crippen LogP contribution >= 0.6 is 0 Å². The number of nitrogens with one attached hydrogen (secondary N) is 1. The highest BCUT2D eigenvalue weighted by molar-refractivity contribution is 5.93. The molecule has 134 valence electrons. The first-order chi connectivity index (χ1) is 12.7. The summed E-state index contributed by atoms with van der Waals surface area (Å²) in [6.45, 7) is 0.973. The Hall–Kier alpha value is -2.82. The topological polar surface area (TPSA) is 58.6 Å². The fourth-order valence-corrected chi connectivity index (χ4v) is 3.64. The van der Waals surface area contributed by atoms with Crippen LogP contribution in [0.2, 0.25) is 0 Å². The smallest absolute Gasteiger partial charge is 0.414 e. The van der Waals surface area contributed by atoms with Crippen molar-refractivity contribution in [1.82, 2.24) is 0 Å². The highest BCUT2D eigenvalue weighted by atomic mass is 16.6. The number of carbonyl (C=O) groups is 2. The van der Waals surface area contributed by atoms with E-state index in [9.17, 15) is 9.59 Å². The summed E-state index contributed by atoms with van der Waals surface area (Å²) in [7, 11) is 0. The molecule has 1 heterocycles. The van der Waals surface area contributed by atoms with Crippen LogP contribution in [0.4, 0.5) is 16.2 Å². The van der Waals surface area contributed by atoms with Gasteiger partial charge >= 0.3 is 6.09 Å². The Kier molecular flexibility index (Phi) is 4.61. The molecule has 5 heteroatoms. The number of hydrogen-bond acceptors (Lipinski definition) is 3. The number of benzene rings is 2. The number of rotatable bonds is 4. The van der Waals surface area contributed by atoms with Crippen molar-refractivity contribution in [3.8, 4) is 0 Å². The molecule has 0 radical (unpaired) electrons. The molecule has 0 saturated carbocycles. The molecule has 2 amide bonds.